The maximum absolute atomic E-state index is 5.41. The molecule has 2 aromatic carbocycles. The third kappa shape index (κ3) is 2.21. The topological polar surface area (TPSA) is 0 Å². The highest BCUT2D eigenvalue weighted by atomic mass is 32.2. The molecule has 0 bridgehead atoms. The highest BCUT2D eigenvalue weighted by molar-refractivity contribution is 8.23. The van der Waals surface area contributed by atoms with Crippen molar-refractivity contribution in [3.05, 3.63) is 48.0 Å². The normalized spacial score (nSPS) is 10.5. The molecule has 2 aromatic rings. The second kappa shape index (κ2) is 4.77. The summed E-state index contributed by atoms with van der Waals surface area (Å²) in [5, 5.41) is 2.51. The summed E-state index contributed by atoms with van der Waals surface area (Å²) in [5.41, 5.74) is 1.19. The van der Waals surface area contributed by atoms with Gasteiger partial charge >= 0.3 is 0 Å². The molecule has 0 saturated heterocycles. The Bertz CT molecular complexity index is 483. The molecule has 0 aromatic heterocycles. The van der Waals surface area contributed by atoms with E-state index in [1.54, 1.807) is 11.8 Å². The maximum atomic E-state index is 5.41. The number of thiocarbonyl (C=S) groups is 1. The fourth-order valence-corrected chi connectivity index (χ4v) is 2.74. The molecular formula is C13H12S2. The van der Waals surface area contributed by atoms with Crippen LogP contribution in [-0.2, 0) is 0 Å². The molecule has 0 unspecified atom stereocenters. The lowest BCUT2D eigenvalue weighted by molar-refractivity contribution is 1.54. The first-order valence-corrected chi connectivity index (χ1v) is 6.37. The van der Waals surface area contributed by atoms with Crippen LogP contribution in [0.15, 0.2) is 42.5 Å². The molecular weight excluding hydrogens is 220 g/mol. The van der Waals surface area contributed by atoms with Crippen LogP contribution in [0.2, 0.25) is 0 Å². The lowest BCUT2D eigenvalue weighted by Gasteiger charge is -2.06. The van der Waals surface area contributed by atoms with Crippen LogP contribution in [0.1, 0.15) is 12.5 Å². The van der Waals surface area contributed by atoms with Crippen LogP contribution in [0.3, 0.4) is 0 Å². The van der Waals surface area contributed by atoms with Gasteiger partial charge < -0.3 is 0 Å². The van der Waals surface area contributed by atoms with Crippen molar-refractivity contribution in [3.63, 3.8) is 0 Å². The third-order valence-electron chi connectivity index (χ3n) is 2.28. The molecule has 2 rings (SSSR count). The van der Waals surface area contributed by atoms with E-state index in [-0.39, 0.29) is 0 Å². The van der Waals surface area contributed by atoms with Crippen LogP contribution in [0, 0.1) is 0 Å². The molecule has 0 atom stereocenters. The van der Waals surface area contributed by atoms with Crippen LogP contribution in [0.5, 0.6) is 0 Å². The SMILES string of the molecule is CCSC(=S)c1cccc2ccccc12. The summed E-state index contributed by atoms with van der Waals surface area (Å²) in [7, 11) is 0. The summed E-state index contributed by atoms with van der Waals surface area (Å²) < 4.78 is 0.995. The van der Waals surface area contributed by atoms with Gasteiger partial charge in [-0.3, -0.25) is 0 Å². The zero-order chi connectivity index (χ0) is 10.7. The quantitative estimate of drug-likeness (QED) is 0.709. The minimum absolute atomic E-state index is 0.995. The Morgan fingerprint density at radius 2 is 1.87 bits per heavy atom. The van der Waals surface area contributed by atoms with E-state index in [9.17, 15) is 0 Å². The van der Waals surface area contributed by atoms with Crippen LogP contribution in [0.4, 0.5) is 0 Å². The minimum atomic E-state index is 0.995. The molecule has 0 nitrogen and oxygen atoms in total. The van der Waals surface area contributed by atoms with Crippen molar-refractivity contribution < 1.29 is 0 Å². The number of rotatable bonds is 2. The second-order valence-corrected chi connectivity index (χ2v) is 5.19. The molecule has 0 radical (unpaired) electrons. The molecule has 15 heavy (non-hydrogen) atoms. The van der Waals surface area contributed by atoms with Crippen LogP contribution in [0.25, 0.3) is 10.8 Å². The monoisotopic (exact) mass is 232 g/mol. The Hall–Kier alpha value is -0.860. The van der Waals surface area contributed by atoms with E-state index in [4.69, 9.17) is 12.2 Å². The molecule has 2 heteroatoms. The molecule has 0 spiro atoms. The van der Waals surface area contributed by atoms with Crippen molar-refractivity contribution in [2.75, 3.05) is 5.75 Å². The van der Waals surface area contributed by atoms with Crippen molar-refractivity contribution in [3.8, 4) is 0 Å². The van der Waals surface area contributed by atoms with E-state index in [0.717, 1.165) is 9.95 Å². The molecule has 0 aliphatic rings. The first kappa shape index (κ1) is 10.7. The van der Waals surface area contributed by atoms with Crippen molar-refractivity contribution in [2.45, 2.75) is 6.92 Å². The van der Waals surface area contributed by atoms with Gasteiger partial charge in [-0.15, -0.1) is 11.8 Å². The zero-order valence-corrected chi connectivity index (χ0v) is 10.2. The molecule has 0 amide bonds. The number of thioether (sulfide) groups is 1. The van der Waals surface area contributed by atoms with E-state index >= 15 is 0 Å². The average molecular weight is 232 g/mol. The molecule has 76 valence electrons. The Morgan fingerprint density at radius 1 is 1.13 bits per heavy atom. The first-order chi connectivity index (χ1) is 7.33. The van der Waals surface area contributed by atoms with Crippen molar-refractivity contribution in [2.24, 2.45) is 0 Å². The average Bonchev–Trinajstić information content (AvgIpc) is 2.28. The Kier molecular flexibility index (Phi) is 3.39. The minimum Gasteiger partial charge on any atom is -0.114 e. The van der Waals surface area contributed by atoms with Crippen molar-refractivity contribution in [1.29, 1.82) is 0 Å². The Morgan fingerprint density at radius 3 is 2.67 bits per heavy atom. The lowest BCUT2D eigenvalue weighted by Crippen LogP contribution is -1.93. The number of hydrogen-bond acceptors (Lipinski definition) is 2. The van der Waals surface area contributed by atoms with Crippen molar-refractivity contribution in [1.82, 2.24) is 0 Å². The van der Waals surface area contributed by atoms with E-state index in [1.807, 2.05) is 0 Å². The van der Waals surface area contributed by atoms with E-state index in [0.29, 0.717) is 0 Å². The predicted molar refractivity (Wildman–Crippen MR) is 73.8 cm³/mol. The van der Waals surface area contributed by atoms with Gasteiger partial charge in [0.2, 0.25) is 0 Å². The molecule has 0 aliphatic heterocycles. The van der Waals surface area contributed by atoms with E-state index in [1.165, 1.54) is 16.3 Å². The number of fused-ring (bicyclic) bond motifs is 1. The van der Waals surface area contributed by atoms with Gasteiger partial charge in [0, 0.05) is 5.56 Å². The predicted octanol–water partition coefficient (Wildman–Crippen LogP) is 4.27. The molecule has 0 aliphatic carbocycles. The zero-order valence-electron chi connectivity index (χ0n) is 8.57. The summed E-state index contributed by atoms with van der Waals surface area (Å²) in [5.74, 6) is 1.03. The summed E-state index contributed by atoms with van der Waals surface area (Å²) in [4.78, 5) is 0. The summed E-state index contributed by atoms with van der Waals surface area (Å²) in [6.07, 6.45) is 0. The molecule has 0 fully saturated rings. The van der Waals surface area contributed by atoms with Gasteiger partial charge in [-0.25, -0.2) is 0 Å². The molecule has 0 N–H and O–H groups in total. The van der Waals surface area contributed by atoms with Crippen LogP contribution < -0.4 is 0 Å². The Balaban J connectivity index is 2.56. The molecule has 0 saturated carbocycles. The first-order valence-electron chi connectivity index (χ1n) is 4.98. The van der Waals surface area contributed by atoms with E-state index < -0.39 is 0 Å². The largest absolute Gasteiger partial charge is 0.114 e. The maximum Gasteiger partial charge on any atom is 0.0784 e. The lowest BCUT2D eigenvalue weighted by atomic mass is 10.1. The van der Waals surface area contributed by atoms with E-state index in [2.05, 4.69) is 49.4 Å². The highest BCUT2D eigenvalue weighted by Crippen LogP contribution is 2.23. The van der Waals surface area contributed by atoms with Gasteiger partial charge in [-0.2, -0.15) is 0 Å². The highest BCUT2D eigenvalue weighted by Gasteiger charge is 2.04. The van der Waals surface area contributed by atoms with Crippen LogP contribution in [-0.4, -0.2) is 9.95 Å². The standard InChI is InChI=1S/C13H12S2/c1-2-15-13(14)12-9-5-7-10-6-3-4-8-11(10)12/h3-9H,2H2,1H3. The van der Waals surface area contributed by atoms with Gasteiger partial charge in [-0.05, 0) is 16.5 Å². The number of hydrogen-bond donors (Lipinski definition) is 0. The number of benzene rings is 2. The summed E-state index contributed by atoms with van der Waals surface area (Å²) in [6, 6.07) is 14.7. The van der Waals surface area contributed by atoms with Gasteiger partial charge in [0.25, 0.3) is 0 Å². The van der Waals surface area contributed by atoms with Crippen LogP contribution >= 0.6 is 24.0 Å². The Labute approximate surface area is 99.7 Å². The van der Waals surface area contributed by atoms with Gasteiger partial charge in [-0.1, -0.05) is 61.6 Å². The van der Waals surface area contributed by atoms with Gasteiger partial charge in [0.05, 0.1) is 4.20 Å². The van der Waals surface area contributed by atoms with Gasteiger partial charge in [0.15, 0.2) is 0 Å². The third-order valence-corrected chi connectivity index (χ3v) is 3.63. The second-order valence-electron chi connectivity index (χ2n) is 3.25. The molecule has 0 heterocycles. The van der Waals surface area contributed by atoms with Crippen molar-refractivity contribution >= 4 is 38.9 Å². The summed E-state index contributed by atoms with van der Waals surface area (Å²) in [6.45, 7) is 2.13. The summed E-state index contributed by atoms with van der Waals surface area (Å²) >= 11 is 7.14. The fourth-order valence-electron chi connectivity index (χ4n) is 1.61. The smallest absolute Gasteiger partial charge is 0.0784 e. The van der Waals surface area contributed by atoms with Gasteiger partial charge in [0.1, 0.15) is 0 Å². The fraction of sp³-hybridized carbons (Fsp3) is 0.154.